The second-order valence-electron chi connectivity index (χ2n) is 3.76. The maximum absolute atomic E-state index is 11.3. The minimum Gasteiger partial charge on any atom is -0.467 e. The Morgan fingerprint density at radius 3 is 2.69 bits per heavy atom. The lowest BCUT2D eigenvalue weighted by molar-refractivity contribution is -0.129. The number of hydrogen-bond acceptors (Lipinski definition) is 3. The van der Waals surface area contributed by atoms with Gasteiger partial charge in [-0.25, -0.2) is 0 Å². The van der Waals surface area contributed by atoms with Crippen molar-refractivity contribution in [2.45, 2.75) is 32.9 Å². The summed E-state index contributed by atoms with van der Waals surface area (Å²) in [5.74, 6) is 0.0825. The first-order valence-corrected chi connectivity index (χ1v) is 5.16. The zero-order chi connectivity index (χ0) is 12.0. The van der Waals surface area contributed by atoms with Crippen LogP contribution in [0.25, 0.3) is 0 Å². The Morgan fingerprint density at radius 1 is 1.38 bits per heavy atom. The maximum atomic E-state index is 11.3. The normalized spacial score (nSPS) is 10.2. The van der Waals surface area contributed by atoms with Crippen molar-refractivity contribution in [2.75, 3.05) is 0 Å². The molecule has 0 aromatic carbocycles. The lowest BCUT2D eigenvalue weighted by atomic mass is 10.3. The molecule has 1 aromatic rings. The molecule has 0 aliphatic rings. The van der Waals surface area contributed by atoms with Gasteiger partial charge < -0.3 is 15.1 Å². The fraction of sp³-hybridized carbons (Fsp3) is 0.455. The van der Waals surface area contributed by atoms with E-state index in [1.807, 2.05) is 13.8 Å². The molecule has 2 amide bonds. The molecule has 16 heavy (non-hydrogen) atoms. The Bertz CT molecular complexity index is 344. The molecule has 0 aliphatic carbocycles. The molecule has 2 N–H and O–H groups in total. The van der Waals surface area contributed by atoms with E-state index in [1.165, 1.54) is 6.26 Å². The summed E-state index contributed by atoms with van der Waals surface area (Å²) in [5.41, 5.74) is 0. The number of hydrogen-bond donors (Lipinski definition) is 2. The van der Waals surface area contributed by atoms with Crippen LogP contribution in [0.15, 0.2) is 22.8 Å². The fourth-order valence-electron chi connectivity index (χ4n) is 1.18. The van der Waals surface area contributed by atoms with Crippen molar-refractivity contribution >= 4 is 11.8 Å². The van der Waals surface area contributed by atoms with Crippen LogP contribution in [0, 0.1) is 0 Å². The van der Waals surface area contributed by atoms with Crippen molar-refractivity contribution in [1.82, 2.24) is 10.6 Å². The summed E-state index contributed by atoms with van der Waals surface area (Å²) in [6.45, 7) is 4.00. The Morgan fingerprint density at radius 2 is 2.12 bits per heavy atom. The van der Waals surface area contributed by atoms with Gasteiger partial charge in [-0.05, 0) is 26.0 Å². The molecule has 88 valence electrons. The van der Waals surface area contributed by atoms with Crippen LogP contribution in [0.2, 0.25) is 0 Å². The zero-order valence-electron chi connectivity index (χ0n) is 9.45. The molecule has 1 rings (SSSR count). The number of nitrogens with one attached hydrogen (secondary N) is 2. The summed E-state index contributed by atoms with van der Waals surface area (Å²) in [4.78, 5) is 22.5. The number of carbonyl (C=O) groups excluding carboxylic acids is 2. The van der Waals surface area contributed by atoms with Crippen LogP contribution in [0.1, 0.15) is 26.0 Å². The van der Waals surface area contributed by atoms with Gasteiger partial charge >= 0.3 is 0 Å². The number of furan rings is 1. The predicted molar refractivity (Wildman–Crippen MR) is 58.5 cm³/mol. The summed E-state index contributed by atoms with van der Waals surface area (Å²) in [6, 6.07) is 3.55. The van der Waals surface area contributed by atoms with Crippen molar-refractivity contribution in [3.05, 3.63) is 24.2 Å². The summed E-state index contributed by atoms with van der Waals surface area (Å²) in [7, 11) is 0. The fourth-order valence-corrected chi connectivity index (χ4v) is 1.18. The van der Waals surface area contributed by atoms with Crippen LogP contribution >= 0.6 is 0 Å². The van der Waals surface area contributed by atoms with E-state index < -0.39 is 0 Å². The highest BCUT2D eigenvalue weighted by atomic mass is 16.3. The van der Waals surface area contributed by atoms with Crippen LogP contribution in [0.4, 0.5) is 0 Å². The van der Waals surface area contributed by atoms with E-state index in [1.54, 1.807) is 12.1 Å². The molecule has 5 nitrogen and oxygen atoms in total. The highest BCUT2D eigenvalue weighted by Crippen LogP contribution is 1.98. The van der Waals surface area contributed by atoms with E-state index in [0.717, 1.165) is 0 Å². The summed E-state index contributed by atoms with van der Waals surface area (Å²) < 4.78 is 5.04. The first kappa shape index (κ1) is 12.3. The van der Waals surface area contributed by atoms with E-state index in [4.69, 9.17) is 4.42 Å². The van der Waals surface area contributed by atoms with Gasteiger partial charge in [0.05, 0.1) is 12.8 Å². The molecule has 1 aromatic heterocycles. The van der Waals surface area contributed by atoms with Crippen LogP contribution in [-0.2, 0) is 16.1 Å². The predicted octanol–water partition coefficient (Wildman–Crippen LogP) is 0.810. The Hall–Kier alpha value is -1.78. The van der Waals surface area contributed by atoms with Gasteiger partial charge in [-0.3, -0.25) is 9.59 Å². The molecule has 0 bridgehead atoms. The second-order valence-corrected chi connectivity index (χ2v) is 3.76. The molecular formula is C11H16N2O3. The first-order chi connectivity index (χ1) is 7.58. The molecule has 0 saturated carbocycles. The van der Waals surface area contributed by atoms with Gasteiger partial charge in [0.1, 0.15) is 12.2 Å². The minimum absolute atomic E-state index is 0.0466. The van der Waals surface area contributed by atoms with E-state index >= 15 is 0 Å². The van der Waals surface area contributed by atoms with Crippen LogP contribution in [0.3, 0.4) is 0 Å². The highest BCUT2D eigenvalue weighted by molar-refractivity contribution is 5.96. The molecule has 0 fully saturated rings. The van der Waals surface area contributed by atoms with Crippen LogP contribution in [-0.4, -0.2) is 17.9 Å². The van der Waals surface area contributed by atoms with E-state index in [2.05, 4.69) is 10.6 Å². The summed E-state index contributed by atoms with van der Waals surface area (Å²) in [5, 5.41) is 5.24. The van der Waals surface area contributed by atoms with E-state index in [0.29, 0.717) is 12.3 Å². The average molecular weight is 224 g/mol. The smallest absolute Gasteiger partial charge is 0.229 e. The molecule has 0 spiro atoms. The zero-order valence-corrected chi connectivity index (χ0v) is 9.45. The van der Waals surface area contributed by atoms with Gasteiger partial charge in [-0.1, -0.05) is 0 Å². The van der Waals surface area contributed by atoms with Crippen LogP contribution in [0.5, 0.6) is 0 Å². The maximum Gasteiger partial charge on any atom is 0.229 e. The lowest BCUT2D eigenvalue weighted by Crippen LogP contribution is -2.35. The van der Waals surface area contributed by atoms with Gasteiger partial charge in [0.2, 0.25) is 11.8 Å². The Labute approximate surface area is 94.2 Å². The lowest BCUT2D eigenvalue weighted by Gasteiger charge is -2.07. The molecule has 0 atom stereocenters. The van der Waals surface area contributed by atoms with Crippen molar-refractivity contribution < 1.29 is 14.0 Å². The average Bonchev–Trinajstić information content (AvgIpc) is 2.65. The van der Waals surface area contributed by atoms with Crippen molar-refractivity contribution in [2.24, 2.45) is 0 Å². The van der Waals surface area contributed by atoms with Gasteiger partial charge in [-0.2, -0.15) is 0 Å². The van der Waals surface area contributed by atoms with Crippen molar-refractivity contribution in [1.29, 1.82) is 0 Å². The molecule has 0 saturated heterocycles. The highest BCUT2D eigenvalue weighted by Gasteiger charge is 2.10. The third-order valence-corrected chi connectivity index (χ3v) is 1.81. The topological polar surface area (TPSA) is 71.3 Å². The minimum atomic E-state index is -0.311. The van der Waals surface area contributed by atoms with Gasteiger partial charge in [0.15, 0.2) is 0 Å². The largest absolute Gasteiger partial charge is 0.467 e. The summed E-state index contributed by atoms with van der Waals surface area (Å²) in [6.07, 6.45) is 1.38. The summed E-state index contributed by atoms with van der Waals surface area (Å²) >= 11 is 0. The molecule has 5 heteroatoms. The van der Waals surface area contributed by atoms with Gasteiger partial charge in [0.25, 0.3) is 0 Å². The third kappa shape index (κ3) is 4.63. The standard InChI is InChI=1S/C11H16N2O3/c1-8(2)13-11(15)6-10(14)12-7-9-4-3-5-16-9/h3-5,8H,6-7H2,1-2H3,(H,12,14)(H,13,15). The SMILES string of the molecule is CC(C)NC(=O)CC(=O)NCc1ccco1. The van der Waals surface area contributed by atoms with Crippen molar-refractivity contribution in [3.8, 4) is 0 Å². The van der Waals surface area contributed by atoms with E-state index in [9.17, 15) is 9.59 Å². The number of carbonyl (C=O) groups is 2. The quantitative estimate of drug-likeness (QED) is 0.727. The second kappa shape index (κ2) is 5.95. The molecule has 0 radical (unpaired) electrons. The Balaban J connectivity index is 2.23. The number of amides is 2. The number of rotatable bonds is 5. The van der Waals surface area contributed by atoms with Crippen molar-refractivity contribution in [3.63, 3.8) is 0 Å². The van der Waals surface area contributed by atoms with E-state index in [-0.39, 0.29) is 24.3 Å². The molecule has 0 aliphatic heterocycles. The van der Waals surface area contributed by atoms with Crippen LogP contribution < -0.4 is 10.6 Å². The third-order valence-electron chi connectivity index (χ3n) is 1.81. The monoisotopic (exact) mass is 224 g/mol. The first-order valence-electron chi connectivity index (χ1n) is 5.16. The molecular weight excluding hydrogens is 208 g/mol. The van der Waals surface area contributed by atoms with Gasteiger partial charge in [0, 0.05) is 6.04 Å². The Kier molecular flexibility index (Phi) is 4.57. The molecule has 0 unspecified atom stereocenters. The molecule has 1 heterocycles. The van der Waals surface area contributed by atoms with Gasteiger partial charge in [-0.15, -0.1) is 0 Å².